The van der Waals surface area contributed by atoms with Crippen molar-refractivity contribution in [2.45, 2.75) is 25.9 Å². The summed E-state index contributed by atoms with van der Waals surface area (Å²) < 4.78 is 15.8. The van der Waals surface area contributed by atoms with Crippen molar-refractivity contribution in [1.82, 2.24) is 4.90 Å². The number of carbonyl (C=O) groups excluding carboxylic acids is 2. The highest BCUT2D eigenvalue weighted by Gasteiger charge is 2.45. The molecule has 2 aromatic rings. The minimum atomic E-state index is -0.393. The number of anilines is 1. The molecule has 0 spiro atoms. The van der Waals surface area contributed by atoms with Crippen LogP contribution in [0.2, 0.25) is 0 Å². The third-order valence-electron chi connectivity index (χ3n) is 5.42. The fraction of sp³-hybridized carbons (Fsp3) is 0.318. The lowest BCUT2D eigenvalue weighted by molar-refractivity contribution is -0.120. The molecule has 0 radical (unpaired) electrons. The fourth-order valence-corrected chi connectivity index (χ4v) is 4.29. The normalized spacial score (nSPS) is 17.5. The highest BCUT2D eigenvalue weighted by atomic mass is 32.1. The Morgan fingerprint density at radius 2 is 1.73 bits per heavy atom. The summed E-state index contributed by atoms with van der Waals surface area (Å²) in [6, 6.07) is 10.2. The van der Waals surface area contributed by atoms with Crippen molar-refractivity contribution in [2.24, 2.45) is 0 Å². The molecule has 2 aliphatic heterocycles. The number of methoxy groups -OCH3 is 2. The van der Waals surface area contributed by atoms with Gasteiger partial charge in [-0.1, -0.05) is 0 Å². The predicted molar refractivity (Wildman–Crippen MR) is 115 cm³/mol. The van der Waals surface area contributed by atoms with Gasteiger partial charge in [0.15, 0.2) is 16.6 Å². The van der Waals surface area contributed by atoms with Gasteiger partial charge in [-0.15, -0.1) is 0 Å². The minimum absolute atomic E-state index is 0.0793. The summed E-state index contributed by atoms with van der Waals surface area (Å²) in [4.78, 5) is 28.6. The van der Waals surface area contributed by atoms with Gasteiger partial charge in [-0.2, -0.15) is 0 Å². The maximum atomic E-state index is 13.2. The highest BCUT2D eigenvalue weighted by molar-refractivity contribution is 7.80. The molecule has 4 rings (SSSR count). The van der Waals surface area contributed by atoms with E-state index in [1.807, 2.05) is 17.0 Å². The average Bonchev–Trinajstić information content (AvgIpc) is 3.00. The molecule has 0 aliphatic carbocycles. The molecule has 2 heterocycles. The lowest BCUT2D eigenvalue weighted by Gasteiger charge is -2.31. The lowest BCUT2D eigenvalue weighted by atomic mass is 9.94. The molecular formula is C22H22N2O5S. The average molecular weight is 426 g/mol. The number of benzene rings is 2. The maximum Gasteiger partial charge on any atom is 0.338 e. The Morgan fingerprint density at radius 1 is 1.10 bits per heavy atom. The number of hydrogen-bond donors (Lipinski definition) is 0. The van der Waals surface area contributed by atoms with E-state index in [1.54, 1.807) is 45.4 Å². The first-order chi connectivity index (χ1) is 14.5. The number of amides is 1. The first kappa shape index (κ1) is 20.2. The van der Waals surface area contributed by atoms with Crippen LogP contribution in [0.3, 0.4) is 0 Å². The van der Waals surface area contributed by atoms with Crippen LogP contribution >= 0.6 is 12.2 Å². The Kier molecular flexibility index (Phi) is 5.34. The zero-order valence-corrected chi connectivity index (χ0v) is 17.8. The van der Waals surface area contributed by atoms with Crippen LogP contribution in [-0.2, 0) is 22.5 Å². The standard InChI is InChI=1S/C22H22N2O5S/c1-4-29-21(26)13-5-7-16(8-6-13)24-20(25)17-9-14-10-18(27-2)19(28-3)11-15(14)12-23(17)22(24)30/h5-8,10-11,17H,4,9,12H2,1-3H3/t17-/m1/s1. The fourth-order valence-electron chi connectivity index (χ4n) is 3.90. The molecule has 0 aromatic heterocycles. The van der Waals surface area contributed by atoms with Gasteiger partial charge < -0.3 is 19.1 Å². The van der Waals surface area contributed by atoms with E-state index in [0.29, 0.717) is 47.4 Å². The van der Waals surface area contributed by atoms with E-state index in [0.717, 1.165) is 11.1 Å². The molecule has 8 heteroatoms. The molecule has 30 heavy (non-hydrogen) atoms. The summed E-state index contributed by atoms with van der Waals surface area (Å²) in [6.07, 6.45) is 0.534. The summed E-state index contributed by atoms with van der Waals surface area (Å²) in [5, 5.41) is 0.453. The van der Waals surface area contributed by atoms with Crippen molar-refractivity contribution in [2.75, 3.05) is 25.7 Å². The van der Waals surface area contributed by atoms with Crippen LogP contribution < -0.4 is 14.4 Å². The third-order valence-corrected chi connectivity index (χ3v) is 5.83. The Morgan fingerprint density at radius 3 is 2.33 bits per heavy atom. The van der Waals surface area contributed by atoms with Crippen molar-refractivity contribution in [1.29, 1.82) is 0 Å². The Hall–Kier alpha value is -3.13. The molecule has 2 aliphatic rings. The van der Waals surface area contributed by atoms with E-state index in [-0.39, 0.29) is 11.9 Å². The van der Waals surface area contributed by atoms with Crippen molar-refractivity contribution < 1.29 is 23.8 Å². The largest absolute Gasteiger partial charge is 0.493 e. The van der Waals surface area contributed by atoms with Gasteiger partial charge in [0.05, 0.1) is 32.1 Å². The molecule has 156 valence electrons. The monoisotopic (exact) mass is 426 g/mol. The third kappa shape index (κ3) is 3.27. The number of rotatable bonds is 5. The van der Waals surface area contributed by atoms with E-state index >= 15 is 0 Å². The molecule has 7 nitrogen and oxygen atoms in total. The number of ether oxygens (including phenoxy) is 3. The summed E-state index contributed by atoms with van der Waals surface area (Å²) in [7, 11) is 3.19. The van der Waals surface area contributed by atoms with E-state index < -0.39 is 5.97 Å². The molecule has 0 bridgehead atoms. The number of nitrogens with zero attached hydrogens (tertiary/aromatic N) is 2. The van der Waals surface area contributed by atoms with Crippen LogP contribution in [0.25, 0.3) is 0 Å². The number of fused-ring (bicyclic) bond motifs is 2. The zero-order valence-electron chi connectivity index (χ0n) is 17.0. The first-order valence-electron chi connectivity index (χ1n) is 9.64. The van der Waals surface area contributed by atoms with Gasteiger partial charge in [0, 0.05) is 13.0 Å². The van der Waals surface area contributed by atoms with Crippen LogP contribution in [0.15, 0.2) is 36.4 Å². The van der Waals surface area contributed by atoms with Gasteiger partial charge in [-0.3, -0.25) is 9.69 Å². The summed E-state index contributed by atoms with van der Waals surface area (Å²) in [5.74, 6) is 0.821. The summed E-state index contributed by atoms with van der Waals surface area (Å²) in [5.41, 5.74) is 3.16. The van der Waals surface area contributed by atoms with E-state index in [1.165, 1.54) is 4.90 Å². The zero-order chi connectivity index (χ0) is 21.4. The van der Waals surface area contributed by atoms with Crippen LogP contribution in [-0.4, -0.2) is 48.8 Å². The number of esters is 1. The molecule has 0 unspecified atom stereocenters. The second kappa shape index (κ2) is 7.95. The summed E-state index contributed by atoms with van der Waals surface area (Å²) >= 11 is 5.65. The van der Waals surface area contributed by atoms with Gasteiger partial charge in [-0.25, -0.2) is 4.79 Å². The Balaban J connectivity index is 1.61. The second-order valence-corrected chi connectivity index (χ2v) is 7.41. The van der Waals surface area contributed by atoms with Crippen LogP contribution in [0, 0.1) is 0 Å². The van der Waals surface area contributed by atoms with Gasteiger partial charge in [0.2, 0.25) is 0 Å². The Bertz CT molecular complexity index is 970. The smallest absolute Gasteiger partial charge is 0.338 e. The SMILES string of the molecule is CCOC(=O)c1ccc(N2C(=O)[C@H]3Cc4cc(OC)c(OC)cc4CN3C2=S)cc1. The molecule has 0 N–H and O–H groups in total. The molecule has 1 amide bonds. The van der Waals surface area contributed by atoms with Crippen LogP contribution in [0.5, 0.6) is 11.5 Å². The molecule has 0 saturated carbocycles. The van der Waals surface area contributed by atoms with E-state index in [9.17, 15) is 9.59 Å². The van der Waals surface area contributed by atoms with Crippen LogP contribution in [0.1, 0.15) is 28.4 Å². The van der Waals surface area contributed by atoms with Crippen molar-refractivity contribution >= 4 is 34.9 Å². The molecule has 1 atom stereocenters. The number of carbonyl (C=O) groups is 2. The van der Waals surface area contributed by atoms with E-state index in [2.05, 4.69) is 0 Å². The van der Waals surface area contributed by atoms with Crippen LogP contribution in [0.4, 0.5) is 5.69 Å². The predicted octanol–water partition coefficient (Wildman–Crippen LogP) is 2.94. The second-order valence-electron chi connectivity index (χ2n) is 7.05. The minimum Gasteiger partial charge on any atom is -0.493 e. The maximum absolute atomic E-state index is 13.2. The Labute approximate surface area is 180 Å². The van der Waals surface area contributed by atoms with Gasteiger partial charge in [0.1, 0.15) is 6.04 Å². The summed E-state index contributed by atoms with van der Waals surface area (Å²) in [6.45, 7) is 2.58. The quantitative estimate of drug-likeness (QED) is 0.538. The van der Waals surface area contributed by atoms with Gasteiger partial charge in [0.25, 0.3) is 5.91 Å². The van der Waals surface area contributed by atoms with Gasteiger partial charge in [-0.05, 0) is 66.7 Å². The van der Waals surface area contributed by atoms with Gasteiger partial charge >= 0.3 is 5.97 Å². The highest BCUT2D eigenvalue weighted by Crippen LogP contribution is 2.38. The van der Waals surface area contributed by atoms with Crippen molar-refractivity contribution in [3.63, 3.8) is 0 Å². The lowest BCUT2D eigenvalue weighted by Crippen LogP contribution is -2.40. The van der Waals surface area contributed by atoms with Crippen molar-refractivity contribution in [3.05, 3.63) is 53.1 Å². The first-order valence-corrected chi connectivity index (χ1v) is 10.0. The number of hydrogen-bond acceptors (Lipinski definition) is 6. The topological polar surface area (TPSA) is 68.3 Å². The van der Waals surface area contributed by atoms with E-state index in [4.69, 9.17) is 26.4 Å². The molecule has 1 fully saturated rings. The van der Waals surface area contributed by atoms with Crippen molar-refractivity contribution in [3.8, 4) is 11.5 Å². The number of thiocarbonyl (C=S) groups is 1. The molecular weight excluding hydrogens is 404 g/mol. The molecule has 1 saturated heterocycles. The molecule has 2 aromatic carbocycles.